The van der Waals surface area contributed by atoms with Crippen molar-refractivity contribution in [3.8, 4) is 0 Å². The van der Waals surface area contributed by atoms with Crippen LogP contribution in [0.3, 0.4) is 0 Å². The number of nitrogens with one attached hydrogen (secondary N) is 1. The fraction of sp³-hybridized carbons (Fsp3) is 0.474. The maximum atomic E-state index is 12.4. The Balaban J connectivity index is 1.52. The lowest BCUT2D eigenvalue weighted by molar-refractivity contribution is 0.0288. The van der Waals surface area contributed by atoms with Crippen molar-refractivity contribution in [2.45, 2.75) is 32.8 Å². The average molecular weight is 395 g/mol. The highest BCUT2D eigenvalue weighted by atomic mass is 35.5. The molecule has 1 atom stereocenters. The molecule has 0 saturated carbocycles. The third kappa shape index (κ3) is 4.68. The van der Waals surface area contributed by atoms with Gasteiger partial charge in [-0.15, -0.1) is 11.3 Å². The fourth-order valence-electron chi connectivity index (χ4n) is 2.93. The molecule has 3 rings (SSSR count). The van der Waals surface area contributed by atoms with E-state index in [2.05, 4.69) is 5.32 Å². The first-order chi connectivity index (χ1) is 12.2. The van der Waals surface area contributed by atoms with Crippen molar-refractivity contribution in [1.29, 1.82) is 0 Å². The highest BCUT2D eigenvalue weighted by molar-refractivity contribution is 7.20. The molecule has 0 radical (unpaired) electrons. The van der Waals surface area contributed by atoms with Gasteiger partial charge in [-0.2, -0.15) is 0 Å². The summed E-state index contributed by atoms with van der Waals surface area (Å²) in [5.41, 5.74) is -0.493. The molecule has 1 unspecified atom stereocenters. The van der Waals surface area contributed by atoms with E-state index < -0.39 is 5.60 Å². The van der Waals surface area contributed by atoms with Gasteiger partial charge in [-0.1, -0.05) is 17.7 Å². The zero-order chi connectivity index (χ0) is 18.9. The summed E-state index contributed by atoms with van der Waals surface area (Å²) in [6.07, 6.45) is 0.578. The summed E-state index contributed by atoms with van der Waals surface area (Å²) in [7, 11) is 0. The topological polar surface area (TPSA) is 58.6 Å². The van der Waals surface area contributed by atoms with Crippen molar-refractivity contribution < 1.29 is 14.3 Å². The quantitative estimate of drug-likeness (QED) is 0.831. The van der Waals surface area contributed by atoms with Crippen LogP contribution in [0.5, 0.6) is 0 Å². The first kappa shape index (κ1) is 19.0. The molecule has 1 aromatic heterocycles. The number of halogens is 1. The Bertz CT molecular complexity index is 828. The van der Waals surface area contributed by atoms with Crippen LogP contribution in [0.25, 0.3) is 10.1 Å². The number of hydrogen-bond acceptors (Lipinski definition) is 4. The summed E-state index contributed by atoms with van der Waals surface area (Å²) >= 11 is 7.43. The third-order valence-electron chi connectivity index (χ3n) is 4.19. The molecule has 2 aromatic rings. The predicted molar refractivity (Wildman–Crippen MR) is 105 cm³/mol. The maximum Gasteiger partial charge on any atom is 0.410 e. The largest absolute Gasteiger partial charge is 0.444 e. The second kappa shape index (κ2) is 7.45. The molecular weight excluding hydrogens is 372 g/mol. The maximum absolute atomic E-state index is 12.4. The van der Waals surface area contributed by atoms with Crippen LogP contribution in [0.1, 0.15) is 36.9 Å². The Kier molecular flexibility index (Phi) is 5.44. The monoisotopic (exact) mass is 394 g/mol. The second-order valence-corrected chi connectivity index (χ2v) is 9.10. The summed E-state index contributed by atoms with van der Waals surface area (Å²) in [6.45, 7) is 7.39. The number of rotatable bonds is 3. The highest BCUT2D eigenvalue weighted by Crippen LogP contribution is 2.28. The molecule has 5 nitrogen and oxygen atoms in total. The first-order valence-corrected chi connectivity index (χ1v) is 9.86. The van der Waals surface area contributed by atoms with E-state index in [4.69, 9.17) is 16.3 Å². The summed E-state index contributed by atoms with van der Waals surface area (Å²) < 4.78 is 6.40. The van der Waals surface area contributed by atoms with Gasteiger partial charge < -0.3 is 15.0 Å². The van der Waals surface area contributed by atoms with E-state index in [1.54, 1.807) is 4.90 Å². The molecule has 0 aliphatic carbocycles. The lowest BCUT2D eigenvalue weighted by Gasteiger charge is -2.24. The standard InChI is InChI=1S/C19H23ClN2O3S/c1-19(2,3)25-18(24)22-7-6-12(11-22)10-21-17(23)16-8-13-4-5-14(20)9-15(13)26-16/h4-5,8-9,12H,6-7,10-11H2,1-3H3,(H,21,23). The van der Waals surface area contributed by atoms with E-state index in [0.717, 1.165) is 16.5 Å². The molecule has 26 heavy (non-hydrogen) atoms. The van der Waals surface area contributed by atoms with Gasteiger partial charge in [0, 0.05) is 29.4 Å². The number of likely N-dealkylation sites (tertiary alicyclic amines) is 1. The lowest BCUT2D eigenvalue weighted by atomic mass is 10.1. The van der Waals surface area contributed by atoms with Crippen LogP contribution in [0, 0.1) is 5.92 Å². The van der Waals surface area contributed by atoms with Crippen molar-refractivity contribution in [3.63, 3.8) is 0 Å². The molecule has 0 bridgehead atoms. The minimum Gasteiger partial charge on any atom is -0.444 e. The Morgan fingerprint density at radius 3 is 2.85 bits per heavy atom. The smallest absolute Gasteiger partial charge is 0.410 e. The van der Waals surface area contributed by atoms with Crippen molar-refractivity contribution in [2.75, 3.05) is 19.6 Å². The number of thiophene rings is 1. The molecule has 140 valence electrons. The molecule has 1 N–H and O–H groups in total. The van der Waals surface area contributed by atoms with E-state index in [9.17, 15) is 9.59 Å². The van der Waals surface area contributed by atoms with Gasteiger partial charge in [0.2, 0.25) is 0 Å². The Morgan fingerprint density at radius 2 is 2.12 bits per heavy atom. The predicted octanol–water partition coefficient (Wildman–Crippen LogP) is 4.54. The molecule has 1 aromatic carbocycles. The van der Waals surface area contributed by atoms with Crippen LogP contribution in [0.15, 0.2) is 24.3 Å². The average Bonchev–Trinajstić information content (AvgIpc) is 3.17. The van der Waals surface area contributed by atoms with Crippen LogP contribution in [0.4, 0.5) is 4.79 Å². The van der Waals surface area contributed by atoms with E-state index in [1.165, 1.54) is 11.3 Å². The van der Waals surface area contributed by atoms with Gasteiger partial charge in [0.25, 0.3) is 5.91 Å². The first-order valence-electron chi connectivity index (χ1n) is 8.66. The van der Waals surface area contributed by atoms with Crippen LogP contribution < -0.4 is 5.32 Å². The van der Waals surface area contributed by atoms with Gasteiger partial charge in [0.05, 0.1) is 4.88 Å². The number of amides is 2. The van der Waals surface area contributed by atoms with E-state index >= 15 is 0 Å². The van der Waals surface area contributed by atoms with Crippen molar-refractivity contribution in [2.24, 2.45) is 5.92 Å². The second-order valence-electron chi connectivity index (χ2n) is 7.58. The van der Waals surface area contributed by atoms with E-state index in [0.29, 0.717) is 29.5 Å². The SMILES string of the molecule is CC(C)(C)OC(=O)N1CCC(CNC(=O)c2cc3ccc(Cl)cc3s2)C1. The van der Waals surface area contributed by atoms with Gasteiger partial charge in [-0.3, -0.25) is 4.79 Å². The number of benzene rings is 1. The molecule has 7 heteroatoms. The molecular formula is C19H23ClN2O3S. The van der Waals surface area contributed by atoms with Crippen molar-refractivity contribution in [1.82, 2.24) is 10.2 Å². The molecule has 1 saturated heterocycles. The Morgan fingerprint density at radius 1 is 1.35 bits per heavy atom. The Labute approximate surface area is 162 Å². The summed E-state index contributed by atoms with van der Waals surface area (Å²) in [6, 6.07) is 7.49. The van der Waals surface area contributed by atoms with E-state index in [1.807, 2.05) is 45.0 Å². The van der Waals surface area contributed by atoms with Crippen LogP contribution in [-0.2, 0) is 4.74 Å². The number of carbonyl (C=O) groups excluding carboxylic acids is 2. The molecule has 1 fully saturated rings. The summed E-state index contributed by atoms with van der Waals surface area (Å²) in [5.74, 6) is 0.160. The number of hydrogen-bond donors (Lipinski definition) is 1. The number of nitrogens with zero attached hydrogens (tertiary/aromatic N) is 1. The van der Waals surface area contributed by atoms with Crippen molar-refractivity contribution >= 4 is 45.0 Å². The normalized spacial score (nSPS) is 17.5. The number of ether oxygens (including phenoxy) is 1. The van der Waals surface area contributed by atoms with Crippen LogP contribution in [-0.4, -0.2) is 42.1 Å². The van der Waals surface area contributed by atoms with Gasteiger partial charge in [0.15, 0.2) is 0 Å². The molecule has 1 aliphatic rings. The van der Waals surface area contributed by atoms with Crippen molar-refractivity contribution in [3.05, 3.63) is 34.2 Å². The summed E-state index contributed by atoms with van der Waals surface area (Å²) in [5, 5.41) is 4.67. The van der Waals surface area contributed by atoms with Crippen LogP contribution in [0.2, 0.25) is 5.02 Å². The van der Waals surface area contributed by atoms with Gasteiger partial charge in [0.1, 0.15) is 5.60 Å². The van der Waals surface area contributed by atoms with E-state index in [-0.39, 0.29) is 17.9 Å². The Hall–Kier alpha value is -1.79. The minimum absolute atomic E-state index is 0.0851. The fourth-order valence-corrected chi connectivity index (χ4v) is 4.19. The zero-order valence-electron chi connectivity index (χ0n) is 15.2. The van der Waals surface area contributed by atoms with Crippen LogP contribution >= 0.6 is 22.9 Å². The lowest BCUT2D eigenvalue weighted by Crippen LogP contribution is -2.36. The molecule has 2 amide bonds. The number of carbonyl (C=O) groups is 2. The zero-order valence-corrected chi connectivity index (χ0v) is 16.7. The van der Waals surface area contributed by atoms with Gasteiger partial charge in [-0.25, -0.2) is 4.79 Å². The molecule has 2 heterocycles. The van der Waals surface area contributed by atoms with Gasteiger partial charge >= 0.3 is 6.09 Å². The highest BCUT2D eigenvalue weighted by Gasteiger charge is 2.30. The minimum atomic E-state index is -0.493. The molecule has 0 spiro atoms. The summed E-state index contributed by atoms with van der Waals surface area (Å²) in [4.78, 5) is 26.9. The third-order valence-corrected chi connectivity index (χ3v) is 5.53. The molecule has 1 aliphatic heterocycles. The van der Waals surface area contributed by atoms with Gasteiger partial charge in [-0.05, 0) is 56.7 Å². The number of fused-ring (bicyclic) bond motifs is 1.